The van der Waals surface area contributed by atoms with Crippen LogP contribution in [0.4, 0.5) is 0 Å². The lowest BCUT2D eigenvalue weighted by molar-refractivity contribution is -0.146. The summed E-state index contributed by atoms with van der Waals surface area (Å²) in [5.74, 6) is -0.430. The molecule has 132 valence electrons. The van der Waals surface area contributed by atoms with Crippen molar-refractivity contribution in [2.24, 2.45) is 5.92 Å². The minimum absolute atomic E-state index is 0.394. The molecule has 3 rings (SSSR count). The van der Waals surface area contributed by atoms with Crippen LogP contribution in [-0.2, 0) is 4.79 Å². The molecule has 0 unspecified atom stereocenters. The molecule has 0 bridgehead atoms. The van der Waals surface area contributed by atoms with Gasteiger partial charge in [0.2, 0.25) is 0 Å². The van der Waals surface area contributed by atoms with E-state index in [0.717, 1.165) is 12.8 Å². The highest BCUT2D eigenvalue weighted by Crippen LogP contribution is 2.33. The average molecular weight is 360 g/mol. The van der Waals surface area contributed by atoms with E-state index in [1.807, 2.05) is 0 Å². The van der Waals surface area contributed by atoms with Crippen molar-refractivity contribution < 1.29 is 14.7 Å². The van der Waals surface area contributed by atoms with Crippen molar-refractivity contribution in [2.45, 2.75) is 45.1 Å². The van der Waals surface area contributed by atoms with Crippen LogP contribution in [-0.4, -0.2) is 37.5 Å². The third kappa shape index (κ3) is 3.53. The van der Waals surface area contributed by atoms with Crippen LogP contribution in [0.3, 0.4) is 0 Å². The van der Waals surface area contributed by atoms with E-state index in [9.17, 15) is 14.7 Å². The number of carboxylic acids is 1. The van der Waals surface area contributed by atoms with E-state index >= 15 is 0 Å². The Bertz CT molecular complexity index is 782. The van der Waals surface area contributed by atoms with Gasteiger partial charge in [0, 0.05) is 12.4 Å². The molecule has 1 fully saturated rings. The maximum atomic E-state index is 12.7. The number of aromatic nitrogens is 3. The Kier molecular flexibility index (Phi) is 4.80. The van der Waals surface area contributed by atoms with E-state index < -0.39 is 17.4 Å². The molecular weight excluding hydrogens is 340 g/mol. The molecule has 1 amide bonds. The number of carbonyl (C=O) groups is 2. The van der Waals surface area contributed by atoms with E-state index in [1.165, 1.54) is 11.3 Å². The van der Waals surface area contributed by atoms with Crippen molar-refractivity contribution >= 4 is 23.2 Å². The summed E-state index contributed by atoms with van der Waals surface area (Å²) in [7, 11) is 0. The monoisotopic (exact) mass is 360 g/mol. The number of nitrogens with zero attached hydrogens (tertiary/aromatic N) is 3. The summed E-state index contributed by atoms with van der Waals surface area (Å²) in [6, 6.07) is 1.71. The molecule has 0 atom stereocenters. The van der Waals surface area contributed by atoms with Crippen LogP contribution in [0.15, 0.2) is 18.5 Å². The molecule has 0 aromatic carbocycles. The van der Waals surface area contributed by atoms with E-state index in [2.05, 4.69) is 27.2 Å². The highest BCUT2D eigenvalue weighted by atomic mass is 32.1. The lowest BCUT2D eigenvalue weighted by Gasteiger charge is -2.36. The van der Waals surface area contributed by atoms with Crippen molar-refractivity contribution in [2.75, 3.05) is 0 Å². The standard InChI is InChI=1S/C17H20N4O3S/c1-10-4-6-17(7-5-10,16(23)24)21-14(22)12-11(2)20-15(25-12)13-18-8-3-9-19-13/h3,8-10H,4-7H2,1-2H3,(H,21,22)(H,23,24). The van der Waals surface area contributed by atoms with Gasteiger partial charge in [-0.1, -0.05) is 6.92 Å². The van der Waals surface area contributed by atoms with Crippen molar-refractivity contribution in [1.29, 1.82) is 0 Å². The van der Waals surface area contributed by atoms with Crippen LogP contribution in [0.5, 0.6) is 0 Å². The first kappa shape index (κ1) is 17.5. The molecule has 0 radical (unpaired) electrons. The SMILES string of the molecule is Cc1nc(-c2ncccn2)sc1C(=O)NC1(C(=O)O)CCC(C)CC1. The number of hydrogen-bond donors (Lipinski definition) is 2. The fourth-order valence-electron chi connectivity index (χ4n) is 3.03. The Morgan fingerprint density at radius 1 is 1.28 bits per heavy atom. The lowest BCUT2D eigenvalue weighted by atomic mass is 9.77. The van der Waals surface area contributed by atoms with Gasteiger partial charge in [0.15, 0.2) is 10.8 Å². The summed E-state index contributed by atoms with van der Waals surface area (Å²) in [4.78, 5) is 37.6. The quantitative estimate of drug-likeness (QED) is 0.868. The molecule has 1 saturated carbocycles. The largest absolute Gasteiger partial charge is 0.480 e. The second-order valence-electron chi connectivity index (χ2n) is 6.53. The third-order valence-corrected chi connectivity index (χ3v) is 5.80. The number of aliphatic carboxylic acids is 1. The Morgan fingerprint density at radius 3 is 2.52 bits per heavy atom. The van der Waals surface area contributed by atoms with E-state index in [1.54, 1.807) is 25.4 Å². The Labute approximate surface area is 149 Å². The number of carbonyl (C=O) groups excluding carboxylic acids is 1. The van der Waals surface area contributed by atoms with E-state index in [4.69, 9.17) is 0 Å². The van der Waals surface area contributed by atoms with Crippen LogP contribution in [0.1, 0.15) is 48.0 Å². The van der Waals surface area contributed by atoms with Crippen LogP contribution in [0.25, 0.3) is 10.8 Å². The van der Waals surface area contributed by atoms with Crippen molar-refractivity contribution in [3.05, 3.63) is 29.0 Å². The molecule has 0 spiro atoms. The van der Waals surface area contributed by atoms with Crippen LogP contribution >= 0.6 is 11.3 Å². The van der Waals surface area contributed by atoms with Gasteiger partial charge in [0.25, 0.3) is 5.91 Å². The average Bonchev–Trinajstić information content (AvgIpc) is 3.00. The summed E-state index contributed by atoms with van der Waals surface area (Å²) in [5.41, 5.74) is -0.640. The van der Waals surface area contributed by atoms with Crippen molar-refractivity contribution in [1.82, 2.24) is 20.3 Å². The van der Waals surface area contributed by atoms with Gasteiger partial charge in [-0.2, -0.15) is 0 Å². The number of amides is 1. The summed E-state index contributed by atoms with van der Waals surface area (Å²) in [5, 5.41) is 13.0. The number of carboxylic acid groups (broad SMARTS) is 1. The molecule has 7 nitrogen and oxygen atoms in total. The van der Waals surface area contributed by atoms with Crippen molar-refractivity contribution in [3.8, 4) is 10.8 Å². The predicted octanol–water partition coefficient (Wildman–Crippen LogP) is 2.67. The highest BCUT2D eigenvalue weighted by Gasteiger charge is 2.43. The molecule has 1 aliphatic carbocycles. The first-order valence-electron chi connectivity index (χ1n) is 8.22. The number of aryl methyl sites for hydroxylation is 1. The molecule has 2 N–H and O–H groups in total. The zero-order valence-corrected chi connectivity index (χ0v) is 15.0. The van der Waals surface area contributed by atoms with Gasteiger partial charge < -0.3 is 10.4 Å². The first-order valence-corrected chi connectivity index (χ1v) is 9.04. The minimum atomic E-state index is -1.19. The summed E-state index contributed by atoms with van der Waals surface area (Å²) >= 11 is 1.18. The van der Waals surface area contributed by atoms with E-state index in [0.29, 0.717) is 40.2 Å². The van der Waals surface area contributed by atoms with Gasteiger partial charge >= 0.3 is 5.97 Å². The fraction of sp³-hybridized carbons (Fsp3) is 0.471. The Hall–Kier alpha value is -2.35. The maximum Gasteiger partial charge on any atom is 0.329 e. The lowest BCUT2D eigenvalue weighted by Crippen LogP contribution is -2.56. The molecule has 0 aliphatic heterocycles. The van der Waals surface area contributed by atoms with Gasteiger partial charge in [-0.15, -0.1) is 11.3 Å². The van der Waals surface area contributed by atoms with Crippen LogP contribution in [0, 0.1) is 12.8 Å². The Morgan fingerprint density at radius 2 is 1.92 bits per heavy atom. The molecule has 2 aromatic rings. The molecule has 0 saturated heterocycles. The smallest absolute Gasteiger partial charge is 0.329 e. The number of nitrogens with one attached hydrogen (secondary N) is 1. The number of thiazole rings is 1. The molecule has 25 heavy (non-hydrogen) atoms. The minimum Gasteiger partial charge on any atom is -0.480 e. The fourth-order valence-corrected chi connectivity index (χ4v) is 3.94. The maximum absolute atomic E-state index is 12.7. The van der Waals surface area contributed by atoms with Crippen LogP contribution in [0.2, 0.25) is 0 Å². The third-order valence-electron chi connectivity index (χ3n) is 4.65. The van der Waals surface area contributed by atoms with Gasteiger partial charge in [-0.3, -0.25) is 4.79 Å². The molecule has 2 aromatic heterocycles. The van der Waals surface area contributed by atoms with Crippen molar-refractivity contribution in [3.63, 3.8) is 0 Å². The number of rotatable bonds is 4. The Balaban J connectivity index is 1.83. The van der Waals surface area contributed by atoms with E-state index in [-0.39, 0.29) is 0 Å². The molecule has 1 aliphatic rings. The highest BCUT2D eigenvalue weighted by molar-refractivity contribution is 7.17. The number of hydrogen-bond acceptors (Lipinski definition) is 6. The molecule has 8 heteroatoms. The van der Waals surface area contributed by atoms with Gasteiger partial charge in [0.1, 0.15) is 10.4 Å². The van der Waals surface area contributed by atoms with Gasteiger partial charge in [-0.25, -0.2) is 19.7 Å². The first-order chi connectivity index (χ1) is 11.9. The zero-order chi connectivity index (χ0) is 18.0. The summed E-state index contributed by atoms with van der Waals surface area (Å²) < 4.78 is 0. The summed E-state index contributed by atoms with van der Waals surface area (Å²) in [6.45, 7) is 3.83. The summed E-state index contributed by atoms with van der Waals surface area (Å²) in [6.07, 6.45) is 5.70. The second-order valence-corrected chi connectivity index (χ2v) is 7.53. The van der Waals surface area contributed by atoms with Gasteiger partial charge in [-0.05, 0) is 44.6 Å². The van der Waals surface area contributed by atoms with Crippen LogP contribution < -0.4 is 5.32 Å². The predicted molar refractivity (Wildman–Crippen MR) is 93.3 cm³/mol. The zero-order valence-electron chi connectivity index (χ0n) is 14.2. The molecule has 2 heterocycles. The topological polar surface area (TPSA) is 105 Å². The molecular formula is C17H20N4O3S. The normalized spacial score (nSPS) is 23.2. The van der Waals surface area contributed by atoms with Gasteiger partial charge in [0.05, 0.1) is 5.69 Å². The second kappa shape index (κ2) is 6.87.